The van der Waals surface area contributed by atoms with E-state index >= 15 is 0 Å². The molecule has 7 nitrogen and oxygen atoms in total. The molecule has 2 N–H and O–H groups in total. The molecule has 0 aliphatic carbocycles. The molecule has 0 bridgehead atoms. The molecule has 3 heterocycles. The maximum atomic E-state index is 12.7. The molecule has 0 fully saturated rings. The maximum Gasteiger partial charge on any atom is 0.352 e. The van der Waals surface area contributed by atoms with Crippen molar-refractivity contribution >= 4 is 33.1 Å². The molecule has 1 amide bonds. The number of thiophene rings is 1. The smallest absolute Gasteiger partial charge is 0.352 e. The Labute approximate surface area is 136 Å². The molecule has 0 aromatic carbocycles. The van der Waals surface area contributed by atoms with Gasteiger partial charge in [0, 0.05) is 10.8 Å². The van der Waals surface area contributed by atoms with Gasteiger partial charge in [0.2, 0.25) is 5.91 Å². The molecule has 3 aromatic heterocycles. The van der Waals surface area contributed by atoms with Crippen molar-refractivity contribution in [2.24, 2.45) is 5.73 Å². The molecule has 0 aliphatic heterocycles. The van der Waals surface area contributed by atoms with Crippen LogP contribution in [0.15, 0.2) is 4.79 Å². The second kappa shape index (κ2) is 5.45. The first-order valence-electron chi connectivity index (χ1n) is 7.54. The second-order valence-corrected chi connectivity index (χ2v) is 7.06. The minimum Gasteiger partial charge on any atom is -0.368 e. The van der Waals surface area contributed by atoms with E-state index in [2.05, 4.69) is 18.9 Å². The van der Waals surface area contributed by atoms with Crippen LogP contribution in [0.3, 0.4) is 0 Å². The third kappa shape index (κ3) is 2.33. The molecule has 0 aliphatic rings. The molecule has 0 saturated carbocycles. The maximum absolute atomic E-state index is 12.7. The first-order valence-corrected chi connectivity index (χ1v) is 8.36. The lowest BCUT2D eigenvalue weighted by Crippen LogP contribution is -2.29. The van der Waals surface area contributed by atoms with Crippen molar-refractivity contribution in [2.75, 3.05) is 0 Å². The third-order valence-electron chi connectivity index (χ3n) is 3.87. The van der Waals surface area contributed by atoms with Gasteiger partial charge in [-0.25, -0.2) is 18.9 Å². The summed E-state index contributed by atoms with van der Waals surface area (Å²) >= 11 is 1.61. The highest BCUT2D eigenvalue weighted by Crippen LogP contribution is 2.33. The zero-order valence-electron chi connectivity index (χ0n) is 13.6. The topological polar surface area (TPSA) is 95.3 Å². The van der Waals surface area contributed by atoms with E-state index in [4.69, 9.17) is 10.7 Å². The van der Waals surface area contributed by atoms with E-state index in [0.717, 1.165) is 26.9 Å². The Balaban J connectivity index is 2.51. The van der Waals surface area contributed by atoms with Gasteiger partial charge in [-0.1, -0.05) is 20.8 Å². The van der Waals surface area contributed by atoms with Gasteiger partial charge in [-0.15, -0.1) is 16.4 Å². The normalized spacial score (nSPS) is 11.9. The molecule has 23 heavy (non-hydrogen) atoms. The van der Waals surface area contributed by atoms with Gasteiger partial charge in [0.15, 0.2) is 5.65 Å². The molecule has 0 unspecified atom stereocenters. The van der Waals surface area contributed by atoms with Crippen molar-refractivity contribution < 1.29 is 4.79 Å². The average molecular weight is 333 g/mol. The number of aryl methyl sites for hydroxylation is 2. The fourth-order valence-corrected chi connectivity index (χ4v) is 3.98. The van der Waals surface area contributed by atoms with Crippen molar-refractivity contribution in [1.82, 2.24) is 19.2 Å². The van der Waals surface area contributed by atoms with Crippen molar-refractivity contribution in [3.8, 4) is 0 Å². The number of nitrogens with two attached hydrogens (primary N) is 1. The van der Waals surface area contributed by atoms with Crippen LogP contribution in [0.5, 0.6) is 0 Å². The molecule has 3 aromatic rings. The monoisotopic (exact) mass is 333 g/mol. The summed E-state index contributed by atoms with van der Waals surface area (Å²) in [6.07, 6.45) is 0.834. The SMILES string of the molecule is CCc1c(C)sc2nc(C(C)C)n3c(=O)n(CC(N)=O)nc3c12. The summed E-state index contributed by atoms with van der Waals surface area (Å²) in [5.41, 5.74) is 6.56. The number of amides is 1. The zero-order valence-corrected chi connectivity index (χ0v) is 14.4. The molecule has 0 spiro atoms. The lowest BCUT2D eigenvalue weighted by Gasteiger charge is -2.07. The number of carbonyl (C=O) groups is 1. The number of rotatable bonds is 4. The van der Waals surface area contributed by atoms with E-state index < -0.39 is 5.91 Å². The standard InChI is InChI=1S/C15H19N5O2S/c1-5-9-8(4)23-14-11(9)13-18-19(6-10(16)21)15(22)20(13)12(17-14)7(2)3/h7H,5-6H2,1-4H3,(H2,16,21). The van der Waals surface area contributed by atoms with Crippen LogP contribution in [0.4, 0.5) is 0 Å². The molecule has 3 rings (SSSR count). The lowest BCUT2D eigenvalue weighted by atomic mass is 10.1. The number of nitrogens with zero attached hydrogens (tertiary/aromatic N) is 4. The third-order valence-corrected chi connectivity index (χ3v) is 4.92. The van der Waals surface area contributed by atoms with Crippen LogP contribution in [0.1, 0.15) is 43.0 Å². The number of carbonyl (C=O) groups excluding carboxylic acids is 1. The largest absolute Gasteiger partial charge is 0.368 e. The number of fused-ring (bicyclic) bond motifs is 3. The fourth-order valence-electron chi connectivity index (χ4n) is 2.87. The molecular weight excluding hydrogens is 314 g/mol. The number of aromatic nitrogens is 4. The van der Waals surface area contributed by atoms with Crippen LogP contribution in [0.2, 0.25) is 0 Å². The number of hydrogen-bond acceptors (Lipinski definition) is 5. The van der Waals surface area contributed by atoms with Crippen LogP contribution in [-0.2, 0) is 17.8 Å². The van der Waals surface area contributed by atoms with E-state index in [-0.39, 0.29) is 18.2 Å². The lowest BCUT2D eigenvalue weighted by molar-refractivity contribution is -0.118. The molecular formula is C15H19N5O2S. The summed E-state index contributed by atoms with van der Waals surface area (Å²) in [5.74, 6) is 0.110. The Morgan fingerprint density at radius 1 is 1.39 bits per heavy atom. The van der Waals surface area contributed by atoms with Gasteiger partial charge in [-0.2, -0.15) is 0 Å². The van der Waals surface area contributed by atoms with Gasteiger partial charge in [-0.05, 0) is 18.9 Å². The van der Waals surface area contributed by atoms with Crippen molar-refractivity contribution in [3.05, 3.63) is 26.7 Å². The quantitative estimate of drug-likeness (QED) is 0.784. The van der Waals surface area contributed by atoms with Gasteiger partial charge in [0.05, 0.1) is 5.39 Å². The van der Waals surface area contributed by atoms with Crippen molar-refractivity contribution in [2.45, 2.75) is 46.6 Å². The molecule has 8 heteroatoms. The highest BCUT2D eigenvalue weighted by Gasteiger charge is 2.22. The summed E-state index contributed by atoms with van der Waals surface area (Å²) < 4.78 is 2.64. The van der Waals surface area contributed by atoms with Crippen LogP contribution >= 0.6 is 11.3 Å². The Hall–Kier alpha value is -2.22. The van der Waals surface area contributed by atoms with Gasteiger partial charge >= 0.3 is 5.69 Å². The van der Waals surface area contributed by atoms with Crippen molar-refractivity contribution in [1.29, 1.82) is 0 Å². The molecule has 0 radical (unpaired) electrons. The van der Waals surface area contributed by atoms with Crippen LogP contribution in [-0.4, -0.2) is 25.1 Å². The van der Waals surface area contributed by atoms with E-state index in [1.54, 1.807) is 11.3 Å². The minimum absolute atomic E-state index is 0.0540. The summed E-state index contributed by atoms with van der Waals surface area (Å²) in [5, 5.41) is 5.28. The highest BCUT2D eigenvalue weighted by atomic mass is 32.1. The minimum atomic E-state index is -0.594. The van der Waals surface area contributed by atoms with Gasteiger partial charge in [0.25, 0.3) is 0 Å². The molecule has 0 atom stereocenters. The van der Waals surface area contributed by atoms with E-state index in [1.807, 2.05) is 13.8 Å². The Bertz CT molecular complexity index is 979. The Morgan fingerprint density at radius 2 is 2.09 bits per heavy atom. The van der Waals surface area contributed by atoms with E-state index in [0.29, 0.717) is 11.5 Å². The Kier molecular flexibility index (Phi) is 3.71. The predicted octanol–water partition coefficient (Wildman–Crippen LogP) is 1.59. The van der Waals surface area contributed by atoms with Gasteiger partial charge in [0.1, 0.15) is 17.2 Å². The summed E-state index contributed by atoms with van der Waals surface area (Å²) in [7, 11) is 0. The Morgan fingerprint density at radius 3 is 2.65 bits per heavy atom. The highest BCUT2D eigenvalue weighted by molar-refractivity contribution is 7.18. The van der Waals surface area contributed by atoms with Gasteiger partial charge in [-0.3, -0.25) is 4.79 Å². The van der Waals surface area contributed by atoms with E-state index in [1.165, 1.54) is 9.28 Å². The fraction of sp³-hybridized carbons (Fsp3) is 0.467. The van der Waals surface area contributed by atoms with Crippen LogP contribution in [0, 0.1) is 6.92 Å². The number of primary amides is 1. The molecule has 122 valence electrons. The van der Waals surface area contributed by atoms with Crippen LogP contribution < -0.4 is 11.4 Å². The first kappa shape index (κ1) is 15.7. The second-order valence-electron chi connectivity index (χ2n) is 5.86. The summed E-state index contributed by atoms with van der Waals surface area (Å²) in [4.78, 5) is 30.6. The number of hydrogen-bond donors (Lipinski definition) is 1. The molecule has 0 saturated heterocycles. The predicted molar refractivity (Wildman–Crippen MR) is 90.0 cm³/mol. The van der Waals surface area contributed by atoms with Crippen LogP contribution in [0.25, 0.3) is 15.9 Å². The summed E-state index contributed by atoms with van der Waals surface area (Å²) in [6.45, 7) is 7.85. The average Bonchev–Trinajstić information content (AvgIpc) is 2.95. The first-order chi connectivity index (χ1) is 10.8. The summed E-state index contributed by atoms with van der Waals surface area (Å²) in [6, 6.07) is 0. The van der Waals surface area contributed by atoms with E-state index in [9.17, 15) is 9.59 Å². The van der Waals surface area contributed by atoms with Gasteiger partial charge < -0.3 is 5.73 Å². The zero-order chi connectivity index (χ0) is 16.9. The van der Waals surface area contributed by atoms with Crippen molar-refractivity contribution in [3.63, 3.8) is 0 Å².